The summed E-state index contributed by atoms with van der Waals surface area (Å²) in [7, 11) is 0. The highest BCUT2D eigenvalue weighted by Gasteiger charge is 2.41. The van der Waals surface area contributed by atoms with Gasteiger partial charge in [-0.1, -0.05) is 26.8 Å². The molecule has 0 saturated carbocycles. The largest absolute Gasteiger partial charge is 0.371 e. The van der Waals surface area contributed by atoms with E-state index in [1.807, 2.05) is 24.3 Å². The van der Waals surface area contributed by atoms with Crippen LogP contribution in [0.4, 0.5) is 16.3 Å². The number of urea groups is 1. The summed E-state index contributed by atoms with van der Waals surface area (Å²) in [6.45, 7) is 13.7. The van der Waals surface area contributed by atoms with Gasteiger partial charge >= 0.3 is 6.03 Å². The summed E-state index contributed by atoms with van der Waals surface area (Å²) in [4.78, 5) is 55.1. The van der Waals surface area contributed by atoms with Crippen molar-refractivity contribution in [3.05, 3.63) is 87.7 Å². The van der Waals surface area contributed by atoms with Crippen LogP contribution >= 0.6 is 0 Å². The third-order valence-corrected chi connectivity index (χ3v) is 11.6. The Labute approximate surface area is 298 Å². The Hall–Kier alpha value is -5.05. The maximum Gasteiger partial charge on any atom is 0.329 e. The highest BCUT2D eigenvalue weighted by molar-refractivity contribution is 6.20. The normalized spacial score (nSPS) is 19.9. The van der Waals surface area contributed by atoms with Crippen molar-refractivity contribution in [3.8, 4) is 6.07 Å². The van der Waals surface area contributed by atoms with Crippen LogP contribution in [-0.2, 0) is 23.2 Å². The van der Waals surface area contributed by atoms with E-state index in [1.54, 1.807) is 12.3 Å². The minimum Gasteiger partial charge on any atom is -0.371 e. The predicted octanol–water partition coefficient (Wildman–Crippen LogP) is 5.10. The highest BCUT2D eigenvalue weighted by Crippen LogP contribution is 2.46. The molecule has 5 heterocycles. The number of hydrogen-bond acceptors (Lipinski definition) is 8. The fraction of sp³-hybridized carbons (Fsp3) is 0.425. The van der Waals surface area contributed by atoms with Crippen molar-refractivity contribution in [2.75, 3.05) is 55.6 Å². The number of aromatic amines is 1. The molecule has 2 aromatic heterocycles. The number of amides is 3. The number of carbonyl (C=O) groups excluding carboxylic acids is 3. The Morgan fingerprint density at radius 2 is 1.75 bits per heavy atom. The van der Waals surface area contributed by atoms with E-state index in [4.69, 9.17) is 0 Å². The van der Waals surface area contributed by atoms with E-state index in [1.165, 1.54) is 16.2 Å². The van der Waals surface area contributed by atoms with E-state index in [2.05, 4.69) is 69.0 Å². The number of fused-ring (bicyclic) bond motifs is 4. The average Bonchev–Trinajstić information content (AvgIpc) is 3.54. The molecule has 2 N–H and O–H groups in total. The van der Waals surface area contributed by atoms with Crippen LogP contribution in [0.1, 0.15) is 83.9 Å². The Morgan fingerprint density at radius 3 is 2.47 bits per heavy atom. The second-order valence-corrected chi connectivity index (χ2v) is 14.9. The second kappa shape index (κ2) is 12.9. The van der Waals surface area contributed by atoms with Gasteiger partial charge in [-0.3, -0.25) is 29.6 Å². The number of aromatic nitrogens is 2. The van der Waals surface area contributed by atoms with Crippen LogP contribution in [0.3, 0.4) is 0 Å². The van der Waals surface area contributed by atoms with Gasteiger partial charge in [0.1, 0.15) is 5.82 Å². The average molecular weight is 685 g/mol. The molecule has 3 saturated heterocycles. The zero-order valence-electron chi connectivity index (χ0n) is 29.6. The van der Waals surface area contributed by atoms with Gasteiger partial charge < -0.3 is 9.88 Å². The lowest BCUT2D eigenvalue weighted by Gasteiger charge is -2.44. The summed E-state index contributed by atoms with van der Waals surface area (Å²) in [6.07, 6.45) is 5.08. The summed E-state index contributed by atoms with van der Waals surface area (Å²) in [5.74, 6) is 0.400. The molecule has 11 heteroatoms. The van der Waals surface area contributed by atoms with Gasteiger partial charge in [0.05, 0.1) is 17.2 Å². The van der Waals surface area contributed by atoms with Crippen LogP contribution in [0.5, 0.6) is 0 Å². The summed E-state index contributed by atoms with van der Waals surface area (Å²) in [5, 5.41) is 12.7. The van der Waals surface area contributed by atoms with Crippen molar-refractivity contribution in [1.29, 1.82) is 5.26 Å². The van der Waals surface area contributed by atoms with Gasteiger partial charge in [-0.15, -0.1) is 0 Å². The van der Waals surface area contributed by atoms with Crippen LogP contribution in [0.2, 0.25) is 0 Å². The number of benzene rings is 2. The molecule has 4 aromatic rings. The molecule has 0 bridgehead atoms. The fourth-order valence-electron chi connectivity index (χ4n) is 8.66. The number of H-pyrrole nitrogens is 1. The number of nitriles is 1. The quantitative estimate of drug-likeness (QED) is 0.287. The zero-order valence-corrected chi connectivity index (χ0v) is 29.6. The number of carbonyl (C=O) groups is 3. The molecule has 0 unspecified atom stereocenters. The van der Waals surface area contributed by atoms with Crippen molar-refractivity contribution < 1.29 is 14.4 Å². The third-order valence-electron chi connectivity index (χ3n) is 11.6. The first-order valence-electron chi connectivity index (χ1n) is 18.2. The number of rotatable bonds is 6. The van der Waals surface area contributed by atoms with Gasteiger partial charge in [0.2, 0.25) is 5.91 Å². The molecule has 2 aromatic carbocycles. The molecule has 3 amide bonds. The molecule has 3 fully saturated rings. The van der Waals surface area contributed by atoms with Gasteiger partial charge in [0, 0.05) is 104 Å². The first kappa shape index (κ1) is 33.1. The standard InChI is InChI=1S/C40H44N8O3/c1-4-27-21-30-31(40(2,3)38-36(37(30)50)29-6-5-25(23-41)19-32(29)43-38)22-33(27)47-12-8-28(9-13-47)46-17-15-45(16-18-46)24-26-7-11-42-34(20-26)48-14-10-35(49)44-39(48)51/h5-7,11,19-22,28,43H,4,8-10,12-18,24H2,1-3H3,(H,44,49,51). The number of pyridine rings is 1. The maximum absolute atomic E-state index is 14.1. The van der Waals surface area contributed by atoms with Crippen molar-refractivity contribution in [3.63, 3.8) is 0 Å². The van der Waals surface area contributed by atoms with Crippen LogP contribution in [0, 0.1) is 11.3 Å². The Balaban J connectivity index is 0.920. The van der Waals surface area contributed by atoms with E-state index < -0.39 is 11.4 Å². The minimum atomic E-state index is -0.410. The SMILES string of the molecule is CCc1cc2c(cc1N1CCC(N3CCN(Cc4ccnc(N5CCC(=O)NC5=O)c4)CC3)CC1)C(C)(C)c1[nH]c3cc(C#N)ccc3c1C2=O. The number of imide groups is 1. The molecule has 4 aliphatic rings. The molecule has 1 aliphatic carbocycles. The number of nitrogens with zero attached hydrogens (tertiary/aromatic N) is 6. The van der Waals surface area contributed by atoms with E-state index in [9.17, 15) is 19.6 Å². The third kappa shape index (κ3) is 5.86. The Bertz CT molecular complexity index is 2100. The van der Waals surface area contributed by atoms with Crippen molar-refractivity contribution >= 4 is 40.1 Å². The van der Waals surface area contributed by atoms with Gasteiger partial charge in [-0.25, -0.2) is 9.78 Å². The van der Waals surface area contributed by atoms with E-state index in [0.29, 0.717) is 24.0 Å². The number of ketones is 1. The lowest BCUT2D eigenvalue weighted by Crippen LogP contribution is -2.53. The molecule has 11 nitrogen and oxygen atoms in total. The topological polar surface area (TPSA) is 129 Å². The number of nitrogens with one attached hydrogen (secondary N) is 2. The predicted molar refractivity (Wildman–Crippen MR) is 196 cm³/mol. The van der Waals surface area contributed by atoms with Crippen LogP contribution in [0.15, 0.2) is 48.7 Å². The van der Waals surface area contributed by atoms with Gasteiger partial charge in [-0.05, 0) is 72.4 Å². The van der Waals surface area contributed by atoms with E-state index in [0.717, 1.165) is 104 Å². The number of anilines is 2. The smallest absolute Gasteiger partial charge is 0.329 e. The maximum atomic E-state index is 14.1. The first-order valence-corrected chi connectivity index (χ1v) is 18.2. The molecular weight excluding hydrogens is 640 g/mol. The number of hydrogen-bond donors (Lipinski definition) is 2. The van der Waals surface area contributed by atoms with Gasteiger partial charge in [0.15, 0.2) is 5.78 Å². The molecule has 51 heavy (non-hydrogen) atoms. The Morgan fingerprint density at radius 1 is 0.961 bits per heavy atom. The lowest BCUT2D eigenvalue weighted by molar-refractivity contribution is -0.120. The second-order valence-electron chi connectivity index (χ2n) is 14.9. The minimum absolute atomic E-state index is 0.0610. The monoisotopic (exact) mass is 684 g/mol. The van der Waals surface area contributed by atoms with Crippen LogP contribution in [0.25, 0.3) is 10.9 Å². The van der Waals surface area contributed by atoms with Gasteiger partial charge in [-0.2, -0.15) is 5.26 Å². The molecular formula is C40H44N8O3. The van der Waals surface area contributed by atoms with Crippen LogP contribution in [-0.4, -0.2) is 89.3 Å². The highest BCUT2D eigenvalue weighted by atomic mass is 16.2. The molecule has 0 spiro atoms. The number of aryl methyl sites for hydroxylation is 1. The lowest BCUT2D eigenvalue weighted by atomic mass is 9.70. The van der Waals surface area contributed by atoms with Crippen molar-refractivity contribution in [2.24, 2.45) is 0 Å². The summed E-state index contributed by atoms with van der Waals surface area (Å²) in [6, 6.07) is 16.3. The molecule has 262 valence electrons. The first-order chi connectivity index (χ1) is 24.6. The number of piperazine rings is 1. The van der Waals surface area contributed by atoms with Crippen molar-refractivity contribution in [2.45, 2.75) is 64.5 Å². The van der Waals surface area contributed by atoms with E-state index in [-0.39, 0.29) is 18.1 Å². The molecule has 0 radical (unpaired) electrons. The molecule has 3 aliphatic heterocycles. The zero-order chi connectivity index (χ0) is 35.4. The fourth-order valence-corrected chi connectivity index (χ4v) is 8.66. The Kier molecular flexibility index (Phi) is 8.39. The van der Waals surface area contributed by atoms with Crippen molar-refractivity contribution in [1.82, 2.24) is 25.1 Å². The summed E-state index contributed by atoms with van der Waals surface area (Å²) < 4.78 is 0. The molecule has 8 rings (SSSR count). The summed E-state index contributed by atoms with van der Waals surface area (Å²) >= 11 is 0. The van der Waals surface area contributed by atoms with Crippen LogP contribution < -0.4 is 15.1 Å². The van der Waals surface area contributed by atoms with Gasteiger partial charge in [0.25, 0.3) is 0 Å². The van der Waals surface area contributed by atoms with E-state index >= 15 is 0 Å². The summed E-state index contributed by atoms with van der Waals surface area (Å²) in [5.41, 5.74) is 8.11. The number of piperidine rings is 1. The molecule has 0 atom stereocenters.